The van der Waals surface area contributed by atoms with E-state index in [1.165, 1.54) is 5.56 Å². The summed E-state index contributed by atoms with van der Waals surface area (Å²) in [4.78, 5) is 14.7. The van der Waals surface area contributed by atoms with E-state index in [0.717, 1.165) is 32.5 Å². The normalized spacial score (nSPS) is 21.4. The van der Waals surface area contributed by atoms with Gasteiger partial charge < -0.3 is 11.1 Å². The van der Waals surface area contributed by atoms with Crippen molar-refractivity contribution in [2.45, 2.75) is 52.2 Å². The van der Waals surface area contributed by atoms with E-state index >= 15 is 0 Å². The van der Waals surface area contributed by atoms with Crippen molar-refractivity contribution in [3.05, 3.63) is 35.9 Å². The van der Waals surface area contributed by atoms with Gasteiger partial charge in [0.1, 0.15) is 0 Å². The minimum atomic E-state index is -0.461. The number of carbonyl (C=O) groups is 1. The monoisotopic (exact) mass is 303 g/mol. The minimum Gasteiger partial charge on any atom is -0.351 e. The molecular weight excluding hydrogens is 274 g/mol. The maximum atomic E-state index is 12.3. The second-order valence-electron chi connectivity index (χ2n) is 7.41. The van der Waals surface area contributed by atoms with E-state index in [9.17, 15) is 4.79 Å². The van der Waals surface area contributed by atoms with Gasteiger partial charge in [-0.2, -0.15) is 0 Å². The van der Waals surface area contributed by atoms with Crippen molar-refractivity contribution < 1.29 is 4.79 Å². The minimum absolute atomic E-state index is 0.0286. The van der Waals surface area contributed by atoms with Crippen molar-refractivity contribution in [2.24, 2.45) is 11.1 Å². The van der Waals surface area contributed by atoms with E-state index in [1.54, 1.807) is 0 Å². The standard InChI is InChI=1S/C18H29N3O/c1-18(2,3)16(19)17(22)20-15-10-7-11-21(13-15)12-14-8-5-4-6-9-14/h4-6,8-9,15-16H,7,10-13,19H2,1-3H3,(H,20,22)/t15?,16-/m1/s1. The Bertz CT molecular complexity index is 481. The van der Waals surface area contributed by atoms with Gasteiger partial charge in [0.2, 0.25) is 5.91 Å². The first kappa shape index (κ1) is 17.0. The van der Waals surface area contributed by atoms with E-state index in [1.807, 2.05) is 26.8 Å². The van der Waals surface area contributed by atoms with Gasteiger partial charge in [0.05, 0.1) is 6.04 Å². The number of amides is 1. The quantitative estimate of drug-likeness (QED) is 0.896. The zero-order valence-electron chi connectivity index (χ0n) is 14.0. The highest BCUT2D eigenvalue weighted by atomic mass is 16.2. The molecule has 1 unspecified atom stereocenters. The van der Waals surface area contributed by atoms with Gasteiger partial charge >= 0.3 is 0 Å². The summed E-state index contributed by atoms with van der Waals surface area (Å²) in [5, 5.41) is 3.14. The molecule has 1 aromatic carbocycles. The fourth-order valence-corrected chi connectivity index (χ4v) is 2.84. The Balaban J connectivity index is 1.87. The van der Waals surface area contributed by atoms with Crippen LogP contribution in [-0.4, -0.2) is 36.0 Å². The largest absolute Gasteiger partial charge is 0.351 e. The topological polar surface area (TPSA) is 58.4 Å². The SMILES string of the molecule is CC(C)(C)[C@H](N)C(=O)NC1CCCN(Cc2ccccc2)C1. The molecule has 1 aromatic rings. The third kappa shape index (κ3) is 4.82. The van der Waals surface area contributed by atoms with Crippen LogP contribution in [0.2, 0.25) is 0 Å². The number of piperidine rings is 1. The fraction of sp³-hybridized carbons (Fsp3) is 0.611. The molecule has 2 atom stereocenters. The molecule has 4 nitrogen and oxygen atoms in total. The maximum absolute atomic E-state index is 12.3. The van der Waals surface area contributed by atoms with Gasteiger partial charge in [-0.1, -0.05) is 51.1 Å². The first-order chi connectivity index (χ1) is 10.4. The summed E-state index contributed by atoms with van der Waals surface area (Å²) in [6, 6.07) is 10.2. The molecule has 4 heteroatoms. The van der Waals surface area contributed by atoms with Crippen molar-refractivity contribution >= 4 is 5.91 Å². The van der Waals surface area contributed by atoms with Crippen molar-refractivity contribution in [1.29, 1.82) is 0 Å². The van der Waals surface area contributed by atoms with Crippen LogP contribution in [0.4, 0.5) is 0 Å². The van der Waals surface area contributed by atoms with Gasteiger partial charge in [0.15, 0.2) is 0 Å². The Kier molecular flexibility index (Phi) is 5.59. The number of nitrogens with zero attached hydrogens (tertiary/aromatic N) is 1. The summed E-state index contributed by atoms with van der Waals surface area (Å²) in [5.74, 6) is -0.0286. The molecule has 1 aliphatic rings. The van der Waals surface area contributed by atoms with E-state index in [4.69, 9.17) is 5.73 Å². The number of nitrogens with one attached hydrogen (secondary N) is 1. The average molecular weight is 303 g/mol. The molecule has 122 valence electrons. The van der Waals surface area contributed by atoms with Gasteiger partial charge in [-0.3, -0.25) is 9.69 Å². The van der Waals surface area contributed by atoms with Crippen LogP contribution in [0.15, 0.2) is 30.3 Å². The molecule has 0 bridgehead atoms. The smallest absolute Gasteiger partial charge is 0.237 e. The average Bonchev–Trinajstić information content (AvgIpc) is 2.47. The number of hydrogen-bond acceptors (Lipinski definition) is 3. The zero-order chi connectivity index (χ0) is 16.2. The second kappa shape index (κ2) is 7.25. The summed E-state index contributed by atoms with van der Waals surface area (Å²) in [7, 11) is 0. The number of rotatable bonds is 4. The highest BCUT2D eigenvalue weighted by Gasteiger charge is 2.30. The van der Waals surface area contributed by atoms with Crippen molar-refractivity contribution in [2.75, 3.05) is 13.1 Å². The second-order valence-corrected chi connectivity index (χ2v) is 7.41. The molecule has 1 aliphatic heterocycles. The van der Waals surface area contributed by atoms with Crippen LogP contribution in [0.3, 0.4) is 0 Å². The Morgan fingerprint density at radius 1 is 1.36 bits per heavy atom. The van der Waals surface area contributed by atoms with Crippen LogP contribution in [0, 0.1) is 5.41 Å². The third-order valence-electron chi connectivity index (χ3n) is 4.32. The predicted octanol–water partition coefficient (Wildman–Crippen LogP) is 2.14. The number of likely N-dealkylation sites (tertiary alicyclic amines) is 1. The van der Waals surface area contributed by atoms with Gasteiger partial charge in [-0.25, -0.2) is 0 Å². The molecule has 2 rings (SSSR count). The number of carbonyl (C=O) groups excluding carboxylic acids is 1. The fourth-order valence-electron chi connectivity index (χ4n) is 2.84. The van der Waals surface area contributed by atoms with Crippen LogP contribution in [0.1, 0.15) is 39.2 Å². The van der Waals surface area contributed by atoms with E-state index in [2.05, 4.69) is 34.5 Å². The Morgan fingerprint density at radius 3 is 2.68 bits per heavy atom. The van der Waals surface area contributed by atoms with Gasteiger partial charge in [-0.15, -0.1) is 0 Å². The lowest BCUT2D eigenvalue weighted by molar-refractivity contribution is -0.125. The molecule has 0 aliphatic carbocycles. The van der Waals surface area contributed by atoms with Gasteiger partial charge in [-0.05, 0) is 30.4 Å². The number of nitrogens with two attached hydrogens (primary N) is 1. The summed E-state index contributed by atoms with van der Waals surface area (Å²) >= 11 is 0. The molecule has 3 N–H and O–H groups in total. The van der Waals surface area contributed by atoms with Crippen LogP contribution >= 0.6 is 0 Å². The lowest BCUT2D eigenvalue weighted by Crippen LogP contribution is -2.54. The number of benzene rings is 1. The van der Waals surface area contributed by atoms with Crippen molar-refractivity contribution in [3.8, 4) is 0 Å². The molecule has 1 saturated heterocycles. The summed E-state index contributed by atoms with van der Waals surface area (Å²) in [6.45, 7) is 8.93. The molecule has 0 radical (unpaired) electrons. The summed E-state index contributed by atoms with van der Waals surface area (Å²) < 4.78 is 0. The maximum Gasteiger partial charge on any atom is 0.237 e. The van der Waals surface area contributed by atoms with Gasteiger partial charge in [0, 0.05) is 19.1 Å². The summed E-state index contributed by atoms with van der Waals surface area (Å²) in [5.41, 5.74) is 7.16. The van der Waals surface area contributed by atoms with Crippen LogP contribution in [0.25, 0.3) is 0 Å². The first-order valence-corrected chi connectivity index (χ1v) is 8.18. The molecule has 1 amide bonds. The predicted molar refractivity (Wildman–Crippen MR) is 90.3 cm³/mol. The van der Waals surface area contributed by atoms with E-state index < -0.39 is 6.04 Å². The number of hydrogen-bond donors (Lipinski definition) is 2. The highest BCUT2D eigenvalue weighted by molar-refractivity contribution is 5.82. The molecule has 1 heterocycles. The van der Waals surface area contributed by atoms with Gasteiger partial charge in [0.25, 0.3) is 0 Å². The first-order valence-electron chi connectivity index (χ1n) is 8.18. The molecule has 0 saturated carbocycles. The Hall–Kier alpha value is -1.39. The summed E-state index contributed by atoms with van der Waals surface area (Å²) in [6.07, 6.45) is 2.15. The third-order valence-corrected chi connectivity index (χ3v) is 4.32. The highest BCUT2D eigenvalue weighted by Crippen LogP contribution is 2.19. The van der Waals surface area contributed by atoms with E-state index in [-0.39, 0.29) is 17.4 Å². The van der Waals surface area contributed by atoms with Crippen molar-refractivity contribution in [1.82, 2.24) is 10.2 Å². The molecule has 0 spiro atoms. The van der Waals surface area contributed by atoms with Crippen LogP contribution in [-0.2, 0) is 11.3 Å². The van der Waals surface area contributed by atoms with Crippen molar-refractivity contribution in [3.63, 3.8) is 0 Å². The lowest BCUT2D eigenvalue weighted by Gasteiger charge is -2.35. The Morgan fingerprint density at radius 2 is 2.05 bits per heavy atom. The van der Waals surface area contributed by atoms with E-state index in [0.29, 0.717) is 0 Å². The van der Waals surface area contributed by atoms with Crippen LogP contribution in [0.5, 0.6) is 0 Å². The molecule has 1 fully saturated rings. The molecular formula is C18H29N3O. The lowest BCUT2D eigenvalue weighted by atomic mass is 9.86. The zero-order valence-corrected chi connectivity index (χ0v) is 14.0. The Labute approximate surface area is 134 Å². The molecule has 0 aromatic heterocycles. The van der Waals surface area contributed by atoms with Crippen LogP contribution < -0.4 is 11.1 Å². The molecule has 22 heavy (non-hydrogen) atoms.